The van der Waals surface area contributed by atoms with Crippen LogP contribution in [0.25, 0.3) is 0 Å². The lowest BCUT2D eigenvalue weighted by molar-refractivity contribution is -0.122. The average Bonchev–Trinajstić information content (AvgIpc) is 3.17. The Hall–Kier alpha value is -2.75. The predicted molar refractivity (Wildman–Crippen MR) is 108 cm³/mol. The topological polar surface area (TPSA) is 112 Å². The number of carbonyl (C=O) groups excluding carboxylic acids is 2. The number of rotatable bonds is 11. The Morgan fingerprint density at radius 1 is 1.24 bits per heavy atom. The van der Waals surface area contributed by atoms with Gasteiger partial charge in [-0.25, -0.2) is 14.3 Å². The summed E-state index contributed by atoms with van der Waals surface area (Å²) in [6, 6.07) is 8.56. The van der Waals surface area contributed by atoms with Gasteiger partial charge in [0.05, 0.1) is 24.9 Å². The van der Waals surface area contributed by atoms with Crippen LogP contribution in [0.5, 0.6) is 0 Å². The standard InChI is InChI=1S/C20H29N5O4/c1-24(2)9-11-28-10-8-23-19(26)18(21)12-17-13-22-15-25(17)20(27)29-14-16-6-4-3-5-7-16/h3-7,13,15,18H,8-12,14,21H2,1-2H3,(H,23,26). The van der Waals surface area contributed by atoms with Gasteiger partial charge in [-0.05, 0) is 19.7 Å². The molecule has 0 saturated carbocycles. The fourth-order valence-electron chi connectivity index (χ4n) is 2.47. The van der Waals surface area contributed by atoms with Gasteiger partial charge < -0.3 is 25.4 Å². The summed E-state index contributed by atoms with van der Waals surface area (Å²) in [6.45, 7) is 2.35. The highest BCUT2D eigenvalue weighted by Gasteiger charge is 2.19. The molecule has 1 unspecified atom stereocenters. The molecule has 2 aromatic rings. The zero-order valence-corrected chi connectivity index (χ0v) is 16.9. The summed E-state index contributed by atoms with van der Waals surface area (Å²) in [4.78, 5) is 30.5. The van der Waals surface area contributed by atoms with Gasteiger partial charge in [0.1, 0.15) is 12.9 Å². The number of amides is 1. The first kappa shape index (κ1) is 22.5. The third kappa shape index (κ3) is 8.02. The van der Waals surface area contributed by atoms with Crippen LogP contribution in [0.15, 0.2) is 42.9 Å². The van der Waals surface area contributed by atoms with Gasteiger partial charge in [0, 0.05) is 25.7 Å². The molecule has 0 aliphatic carbocycles. The summed E-state index contributed by atoms with van der Waals surface area (Å²) in [7, 11) is 3.93. The summed E-state index contributed by atoms with van der Waals surface area (Å²) in [5.74, 6) is -0.313. The zero-order chi connectivity index (χ0) is 21.1. The quantitative estimate of drug-likeness (QED) is 0.529. The largest absolute Gasteiger partial charge is 0.444 e. The van der Waals surface area contributed by atoms with Crippen LogP contribution in [0.1, 0.15) is 11.3 Å². The second-order valence-electron chi connectivity index (χ2n) is 6.81. The van der Waals surface area contributed by atoms with Crippen molar-refractivity contribution in [1.82, 2.24) is 19.8 Å². The number of benzene rings is 1. The van der Waals surface area contributed by atoms with Crippen molar-refractivity contribution in [3.63, 3.8) is 0 Å². The number of hydrogen-bond acceptors (Lipinski definition) is 7. The molecule has 0 aliphatic heterocycles. The summed E-state index contributed by atoms with van der Waals surface area (Å²) in [5.41, 5.74) is 7.36. The van der Waals surface area contributed by atoms with Crippen LogP contribution in [0.2, 0.25) is 0 Å². The van der Waals surface area contributed by atoms with Gasteiger partial charge >= 0.3 is 6.09 Å². The predicted octanol–water partition coefficient (Wildman–Crippen LogP) is 0.632. The maximum Gasteiger partial charge on any atom is 0.419 e. The first-order valence-electron chi connectivity index (χ1n) is 9.45. The smallest absolute Gasteiger partial charge is 0.419 e. The molecule has 1 atom stereocenters. The second-order valence-corrected chi connectivity index (χ2v) is 6.81. The van der Waals surface area contributed by atoms with Crippen molar-refractivity contribution in [2.24, 2.45) is 5.73 Å². The van der Waals surface area contributed by atoms with Gasteiger partial charge in [0.25, 0.3) is 0 Å². The molecule has 0 radical (unpaired) electrons. The van der Waals surface area contributed by atoms with Crippen molar-refractivity contribution in [2.75, 3.05) is 40.4 Å². The van der Waals surface area contributed by atoms with E-state index in [0.29, 0.717) is 25.5 Å². The van der Waals surface area contributed by atoms with Crippen molar-refractivity contribution in [1.29, 1.82) is 0 Å². The summed E-state index contributed by atoms with van der Waals surface area (Å²) < 4.78 is 12.0. The maximum atomic E-state index is 12.3. The third-order valence-electron chi connectivity index (χ3n) is 4.11. The average molecular weight is 403 g/mol. The van der Waals surface area contributed by atoms with Crippen LogP contribution in [-0.2, 0) is 27.3 Å². The molecule has 0 aliphatic rings. The Balaban J connectivity index is 1.76. The SMILES string of the molecule is CN(C)CCOCCNC(=O)C(N)Cc1cncn1C(=O)OCc1ccccc1. The van der Waals surface area contributed by atoms with E-state index in [1.807, 2.05) is 49.3 Å². The van der Waals surface area contributed by atoms with E-state index in [0.717, 1.165) is 12.1 Å². The second kappa shape index (κ2) is 11.9. The van der Waals surface area contributed by atoms with Crippen LogP contribution in [-0.4, -0.2) is 72.9 Å². The molecule has 29 heavy (non-hydrogen) atoms. The van der Waals surface area contributed by atoms with Gasteiger partial charge in [0.2, 0.25) is 5.91 Å². The van der Waals surface area contributed by atoms with Gasteiger partial charge in [0.15, 0.2) is 0 Å². The van der Waals surface area contributed by atoms with Gasteiger partial charge in [-0.15, -0.1) is 0 Å². The fourth-order valence-corrected chi connectivity index (χ4v) is 2.47. The van der Waals surface area contributed by atoms with Crippen LogP contribution < -0.4 is 11.1 Å². The Morgan fingerprint density at radius 2 is 2.00 bits per heavy atom. The zero-order valence-electron chi connectivity index (χ0n) is 16.9. The molecule has 1 aromatic carbocycles. The van der Waals surface area contributed by atoms with E-state index < -0.39 is 12.1 Å². The summed E-state index contributed by atoms with van der Waals surface area (Å²) in [6.07, 6.45) is 2.45. The van der Waals surface area contributed by atoms with E-state index in [4.69, 9.17) is 15.2 Å². The van der Waals surface area contributed by atoms with E-state index >= 15 is 0 Å². The Kier molecular flexibility index (Phi) is 9.29. The molecule has 1 aromatic heterocycles. The number of aromatic nitrogens is 2. The van der Waals surface area contributed by atoms with Crippen LogP contribution in [0, 0.1) is 0 Å². The molecule has 158 valence electrons. The van der Waals surface area contributed by atoms with E-state index in [1.165, 1.54) is 17.1 Å². The van der Waals surface area contributed by atoms with E-state index in [1.54, 1.807) is 0 Å². The summed E-state index contributed by atoms with van der Waals surface area (Å²) in [5, 5.41) is 2.73. The molecule has 9 heteroatoms. The fraction of sp³-hybridized carbons (Fsp3) is 0.450. The van der Waals surface area contributed by atoms with Crippen molar-refractivity contribution < 1.29 is 19.1 Å². The van der Waals surface area contributed by atoms with Crippen molar-refractivity contribution in [3.05, 3.63) is 54.1 Å². The Bertz CT molecular complexity index is 763. The number of imidazole rings is 1. The molecule has 0 bridgehead atoms. The van der Waals surface area contributed by atoms with E-state index in [-0.39, 0.29) is 18.9 Å². The minimum Gasteiger partial charge on any atom is -0.444 e. The van der Waals surface area contributed by atoms with Crippen LogP contribution >= 0.6 is 0 Å². The molecule has 0 spiro atoms. The monoisotopic (exact) mass is 403 g/mol. The van der Waals surface area contributed by atoms with Crippen molar-refractivity contribution >= 4 is 12.0 Å². The molecule has 0 saturated heterocycles. The lowest BCUT2D eigenvalue weighted by atomic mass is 10.1. The molecule has 9 nitrogen and oxygen atoms in total. The number of nitrogens with one attached hydrogen (secondary N) is 1. The molecule has 1 heterocycles. The normalized spacial score (nSPS) is 12.0. The molecule has 0 fully saturated rings. The van der Waals surface area contributed by atoms with Gasteiger partial charge in [-0.2, -0.15) is 0 Å². The van der Waals surface area contributed by atoms with Gasteiger partial charge in [-0.3, -0.25) is 4.79 Å². The number of carbonyl (C=O) groups is 2. The first-order valence-corrected chi connectivity index (χ1v) is 9.45. The Labute approximate surface area is 170 Å². The highest BCUT2D eigenvalue weighted by Crippen LogP contribution is 2.07. The number of likely N-dealkylation sites (N-methyl/N-ethyl adjacent to an activating group) is 1. The number of hydrogen-bond donors (Lipinski definition) is 2. The summed E-state index contributed by atoms with van der Waals surface area (Å²) >= 11 is 0. The Morgan fingerprint density at radius 3 is 2.72 bits per heavy atom. The van der Waals surface area contributed by atoms with Crippen molar-refractivity contribution in [2.45, 2.75) is 19.1 Å². The van der Waals surface area contributed by atoms with Crippen LogP contribution in [0.4, 0.5) is 4.79 Å². The van der Waals surface area contributed by atoms with E-state index in [2.05, 4.69) is 10.3 Å². The molecule has 3 N–H and O–H groups in total. The highest BCUT2D eigenvalue weighted by atomic mass is 16.5. The maximum absolute atomic E-state index is 12.3. The van der Waals surface area contributed by atoms with E-state index in [9.17, 15) is 9.59 Å². The number of ether oxygens (including phenoxy) is 2. The molecule has 2 rings (SSSR count). The highest BCUT2D eigenvalue weighted by molar-refractivity contribution is 5.82. The minimum absolute atomic E-state index is 0.150. The molecular weight excluding hydrogens is 374 g/mol. The van der Waals surface area contributed by atoms with Crippen molar-refractivity contribution in [3.8, 4) is 0 Å². The third-order valence-corrected chi connectivity index (χ3v) is 4.11. The lowest BCUT2D eigenvalue weighted by Gasteiger charge is -2.14. The number of nitrogens with zero attached hydrogens (tertiary/aromatic N) is 3. The molecule has 1 amide bonds. The lowest BCUT2D eigenvalue weighted by Crippen LogP contribution is -2.43. The van der Waals surface area contributed by atoms with Gasteiger partial charge in [-0.1, -0.05) is 30.3 Å². The molecular formula is C20H29N5O4. The first-order chi connectivity index (χ1) is 14.0. The minimum atomic E-state index is -0.811. The number of nitrogens with two attached hydrogens (primary N) is 1. The van der Waals surface area contributed by atoms with Crippen LogP contribution in [0.3, 0.4) is 0 Å².